The van der Waals surface area contributed by atoms with Crippen LogP contribution in [-0.4, -0.2) is 52.4 Å². The minimum atomic E-state index is -0.272. The smallest absolute Gasteiger partial charge is 0.241 e. The van der Waals surface area contributed by atoms with Crippen molar-refractivity contribution in [1.29, 1.82) is 0 Å². The zero-order valence-corrected chi connectivity index (χ0v) is 30.7. The molecule has 0 aliphatic carbocycles. The topological polar surface area (TPSA) is 105 Å². The second-order valence-electron chi connectivity index (χ2n) is 10.6. The van der Waals surface area contributed by atoms with Gasteiger partial charge in [0.15, 0.2) is 10.9 Å². The summed E-state index contributed by atoms with van der Waals surface area (Å²) in [7, 11) is 0. The number of aryl methyl sites for hydroxylation is 1. The van der Waals surface area contributed by atoms with Crippen LogP contribution < -0.4 is 10.6 Å². The van der Waals surface area contributed by atoms with E-state index in [-0.39, 0.29) is 11.9 Å². The minimum absolute atomic E-state index is 0.0963. The first kappa shape index (κ1) is 31.1. The van der Waals surface area contributed by atoms with Gasteiger partial charge in [0.05, 0.1) is 29.5 Å². The Bertz CT molecular complexity index is 1740. The highest BCUT2D eigenvalue weighted by Crippen LogP contribution is 2.46. The van der Waals surface area contributed by atoms with Gasteiger partial charge in [-0.05, 0) is 124 Å². The fourth-order valence-electron chi connectivity index (χ4n) is 5.14. The van der Waals surface area contributed by atoms with Crippen molar-refractivity contribution >= 4 is 102 Å². The molecule has 5 heterocycles. The molecule has 1 saturated heterocycles. The molecule has 0 spiro atoms. The number of piperidine rings is 1. The number of hydrogen-bond acceptors (Lipinski definition) is 8. The number of halogens is 3. The third-order valence-electron chi connectivity index (χ3n) is 7.22. The van der Waals surface area contributed by atoms with Gasteiger partial charge in [-0.1, -0.05) is 36.2 Å². The second kappa shape index (κ2) is 13.6. The molecule has 14 heteroatoms. The molecule has 1 aliphatic heterocycles. The number of nitrogens with one attached hydrogen (secondary N) is 2. The summed E-state index contributed by atoms with van der Waals surface area (Å²) in [5.41, 5.74) is 6.66. The summed E-state index contributed by atoms with van der Waals surface area (Å²) in [4.78, 5) is 24.8. The number of carbonyl (C=O) groups excluding carboxylic acids is 1. The zero-order chi connectivity index (χ0) is 30.0. The Kier molecular flexibility index (Phi) is 9.85. The van der Waals surface area contributed by atoms with E-state index in [1.807, 2.05) is 48.1 Å². The molecule has 0 unspecified atom stereocenters. The molecule has 5 aromatic rings. The highest BCUT2D eigenvalue weighted by molar-refractivity contribution is 14.3. The molecule has 2 N–H and O–H groups in total. The van der Waals surface area contributed by atoms with Gasteiger partial charge >= 0.3 is 0 Å². The molecular weight excluding hydrogens is 903 g/mol. The zero-order valence-electron chi connectivity index (χ0n) is 23.4. The van der Waals surface area contributed by atoms with Gasteiger partial charge in [-0.15, -0.1) is 0 Å². The predicted molar refractivity (Wildman–Crippen MR) is 195 cm³/mol. The van der Waals surface area contributed by atoms with E-state index in [1.165, 1.54) is 36.4 Å². The Morgan fingerprint density at radius 3 is 2.72 bits per heavy atom. The molecule has 1 amide bonds. The Labute approximate surface area is 295 Å². The van der Waals surface area contributed by atoms with Crippen LogP contribution in [0.15, 0.2) is 55.1 Å². The van der Waals surface area contributed by atoms with Crippen molar-refractivity contribution < 1.29 is 4.79 Å². The lowest BCUT2D eigenvalue weighted by atomic mass is 10.1. The number of benzene rings is 1. The number of imidazole rings is 1. The number of fused-ring (bicyclic) bond motifs is 1. The number of carbonyl (C=O) groups is 1. The minimum Gasteiger partial charge on any atom is -0.350 e. The van der Waals surface area contributed by atoms with Gasteiger partial charge < -0.3 is 10.6 Å². The van der Waals surface area contributed by atoms with Crippen molar-refractivity contribution in [2.75, 3.05) is 18.4 Å². The third kappa shape index (κ3) is 7.85. The maximum Gasteiger partial charge on any atom is 0.241 e. The van der Waals surface area contributed by atoms with E-state index in [9.17, 15) is 4.79 Å². The Morgan fingerprint density at radius 1 is 1.09 bits per heavy atom. The maximum absolute atomic E-state index is 12.7. The Morgan fingerprint density at radius 2 is 1.93 bits per heavy atom. The molecular formula is C29H30I3N9OS. The van der Waals surface area contributed by atoms with Gasteiger partial charge in [0.25, 0.3) is 0 Å². The lowest BCUT2D eigenvalue weighted by Gasteiger charge is -2.25. The van der Waals surface area contributed by atoms with Gasteiger partial charge in [-0.25, -0.2) is 9.97 Å². The van der Waals surface area contributed by atoms with Crippen molar-refractivity contribution in [2.45, 2.75) is 45.3 Å². The summed E-state index contributed by atoms with van der Waals surface area (Å²) in [6, 6.07) is 10.2. The molecule has 4 aromatic heterocycles. The average Bonchev–Trinajstić information content (AvgIpc) is 3.72. The number of anilines is 2. The van der Waals surface area contributed by atoms with Crippen LogP contribution in [0.4, 0.5) is 10.8 Å². The van der Waals surface area contributed by atoms with Crippen molar-refractivity contribution in [3.05, 3.63) is 77.6 Å². The van der Waals surface area contributed by atoms with Crippen LogP contribution in [-0.2, 0) is 23.9 Å². The number of rotatable bonds is 10. The quantitative estimate of drug-likeness (QED) is 0.117. The van der Waals surface area contributed by atoms with Crippen LogP contribution >= 0.6 is 79.3 Å². The van der Waals surface area contributed by atoms with E-state index in [4.69, 9.17) is 14.3 Å². The first-order valence-corrected chi connectivity index (χ1v) is 18.0. The Hall–Kier alpha value is -1.90. The number of alkyl halides is 3. The van der Waals surface area contributed by atoms with Crippen molar-refractivity contribution in [3.63, 3.8) is 0 Å². The molecule has 0 atom stereocenters. The molecule has 0 saturated carbocycles. The van der Waals surface area contributed by atoms with Crippen LogP contribution in [0.25, 0.3) is 16.9 Å². The molecule has 224 valence electrons. The number of amides is 1. The summed E-state index contributed by atoms with van der Waals surface area (Å²) < 4.78 is 8.13. The van der Waals surface area contributed by atoms with Crippen LogP contribution in [0, 0.1) is 6.92 Å². The van der Waals surface area contributed by atoms with Crippen LogP contribution in [0.3, 0.4) is 0 Å². The van der Waals surface area contributed by atoms with E-state index >= 15 is 0 Å². The molecule has 6 rings (SSSR count). The van der Waals surface area contributed by atoms with Crippen molar-refractivity contribution in [1.82, 2.24) is 38.7 Å². The largest absolute Gasteiger partial charge is 0.350 e. The SMILES string of the molecule is Cc1cccc(CNC(=O)Cn2cc(-c3cnc4c(Nc5cc(CN6CCCCC6)ns5)nc(C(I)(I)I)cn34)cn2)c1. The molecule has 0 bridgehead atoms. The number of nitrogens with zero attached hydrogens (tertiary/aromatic N) is 7. The monoisotopic (exact) mass is 933 g/mol. The Balaban J connectivity index is 1.21. The fraction of sp³-hybridized carbons (Fsp3) is 0.345. The summed E-state index contributed by atoms with van der Waals surface area (Å²) in [5, 5.41) is 11.9. The van der Waals surface area contributed by atoms with E-state index in [2.05, 4.69) is 101 Å². The summed E-state index contributed by atoms with van der Waals surface area (Å²) in [5.74, 6) is 0.579. The normalized spacial score (nSPS) is 14.3. The van der Waals surface area contributed by atoms with Gasteiger partial charge in [0, 0.05) is 31.0 Å². The van der Waals surface area contributed by atoms with Gasteiger partial charge in [-0.3, -0.25) is 18.8 Å². The van der Waals surface area contributed by atoms with Crippen molar-refractivity contribution in [3.8, 4) is 11.3 Å². The van der Waals surface area contributed by atoms with E-state index in [0.29, 0.717) is 18.0 Å². The van der Waals surface area contributed by atoms with Gasteiger partial charge in [0.1, 0.15) is 11.5 Å². The van der Waals surface area contributed by atoms with E-state index in [0.717, 1.165) is 52.8 Å². The molecule has 43 heavy (non-hydrogen) atoms. The highest BCUT2D eigenvalue weighted by atomic mass is 127. The first-order valence-electron chi connectivity index (χ1n) is 14.0. The highest BCUT2D eigenvalue weighted by Gasteiger charge is 2.26. The van der Waals surface area contributed by atoms with Gasteiger partial charge in [-0.2, -0.15) is 9.47 Å². The maximum atomic E-state index is 12.7. The number of aromatic nitrogens is 6. The molecule has 1 aliphatic rings. The lowest BCUT2D eigenvalue weighted by molar-refractivity contribution is -0.122. The first-order chi connectivity index (χ1) is 20.7. The third-order valence-corrected chi connectivity index (χ3v) is 9.62. The molecule has 1 aromatic carbocycles. The summed E-state index contributed by atoms with van der Waals surface area (Å²) in [6.07, 6.45) is 11.3. The standard InChI is InChI=1S/C29H30I3N9OS/c1-19-6-5-7-20(10-19)12-33-25(42)18-40-15-21(13-35-40)23-14-34-28-27(36-24(17-41(23)28)29(30,31)32)37-26-11-22(38-43-26)16-39-8-3-2-4-9-39/h5-7,10-11,13-15,17H,2-4,8-9,12,16,18H2,1H3,(H,33,42)(H,36,37). The average molecular weight is 933 g/mol. The molecule has 10 nitrogen and oxygen atoms in total. The van der Waals surface area contributed by atoms with E-state index in [1.54, 1.807) is 10.9 Å². The van der Waals surface area contributed by atoms with Gasteiger partial charge in [0.2, 0.25) is 5.91 Å². The van der Waals surface area contributed by atoms with E-state index < -0.39 is 0 Å². The fourth-order valence-corrected chi connectivity index (χ4v) is 6.58. The lowest BCUT2D eigenvalue weighted by Crippen LogP contribution is -2.29. The summed E-state index contributed by atoms with van der Waals surface area (Å²) in [6.45, 7) is 5.81. The summed E-state index contributed by atoms with van der Waals surface area (Å²) >= 11 is 8.61. The van der Waals surface area contributed by atoms with Crippen LogP contribution in [0.1, 0.15) is 41.8 Å². The molecule has 1 fully saturated rings. The van der Waals surface area contributed by atoms with Crippen LogP contribution in [0.2, 0.25) is 0 Å². The van der Waals surface area contributed by atoms with Crippen LogP contribution in [0.5, 0.6) is 0 Å². The van der Waals surface area contributed by atoms with Crippen molar-refractivity contribution in [2.24, 2.45) is 0 Å². The molecule has 0 radical (unpaired) electrons. The number of hydrogen-bond donors (Lipinski definition) is 2. The second-order valence-corrected chi connectivity index (χ2v) is 22.5. The predicted octanol–water partition coefficient (Wildman–Crippen LogP) is 6.82. The number of likely N-dealkylation sites (tertiary alicyclic amines) is 1.